The molecule has 27 heavy (non-hydrogen) atoms. The van der Waals surface area contributed by atoms with E-state index in [9.17, 15) is 13.2 Å². The van der Waals surface area contributed by atoms with Gasteiger partial charge in [-0.1, -0.05) is 51.8 Å². The zero-order chi connectivity index (χ0) is 20.2. The molecule has 2 aromatic rings. The number of carbonyl (C=O) groups excluding carboxylic acids is 1. The molecule has 0 aliphatic rings. The number of nitrogens with one attached hydrogen (secondary N) is 2. The van der Waals surface area contributed by atoms with Gasteiger partial charge in [-0.2, -0.15) is 0 Å². The van der Waals surface area contributed by atoms with E-state index in [0.29, 0.717) is 11.1 Å². The molecule has 0 aliphatic carbocycles. The van der Waals surface area contributed by atoms with E-state index in [2.05, 4.69) is 26.0 Å². The van der Waals surface area contributed by atoms with E-state index in [4.69, 9.17) is 0 Å². The summed E-state index contributed by atoms with van der Waals surface area (Å²) < 4.78 is 28.7. The second-order valence-electron chi connectivity index (χ2n) is 6.69. The average Bonchev–Trinajstić information content (AvgIpc) is 2.53. The van der Waals surface area contributed by atoms with Crippen LogP contribution >= 0.6 is 15.9 Å². The summed E-state index contributed by atoms with van der Waals surface area (Å²) in [6.07, 6.45) is 0.0674. The Hall–Kier alpha value is -1.70. The number of halogens is 1. The molecule has 0 spiro atoms. The summed E-state index contributed by atoms with van der Waals surface area (Å²) in [5.74, 6) is -0.210. The van der Waals surface area contributed by atoms with E-state index < -0.39 is 10.0 Å². The number of hydrogen-bond donors (Lipinski definition) is 2. The fourth-order valence-corrected chi connectivity index (χ4v) is 5.29. The minimum atomic E-state index is -3.66. The molecular formula is C20H25BrN2O3S. The summed E-state index contributed by atoms with van der Waals surface area (Å²) in [4.78, 5) is 12.5. The number of rotatable bonds is 7. The molecule has 7 heteroatoms. The molecule has 0 heterocycles. The van der Waals surface area contributed by atoms with Crippen molar-refractivity contribution in [3.8, 4) is 0 Å². The maximum Gasteiger partial charge on any atom is 0.241 e. The van der Waals surface area contributed by atoms with Gasteiger partial charge in [0.1, 0.15) is 0 Å². The Labute approximate surface area is 169 Å². The van der Waals surface area contributed by atoms with Gasteiger partial charge < -0.3 is 5.32 Å². The Morgan fingerprint density at radius 1 is 1.11 bits per heavy atom. The molecule has 0 saturated carbocycles. The van der Waals surface area contributed by atoms with Gasteiger partial charge >= 0.3 is 0 Å². The highest BCUT2D eigenvalue weighted by atomic mass is 79.9. The predicted molar refractivity (Wildman–Crippen MR) is 111 cm³/mol. The molecule has 5 nitrogen and oxygen atoms in total. The van der Waals surface area contributed by atoms with Crippen LogP contribution in [-0.2, 0) is 14.8 Å². The van der Waals surface area contributed by atoms with Gasteiger partial charge in [0.2, 0.25) is 15.9 Å². The van der Waals surface area contributed by atoms with Gasteiger partial charge in [0.15, 0.2) is 0 Å². The smallest absolute Gasteiger partial charge is 0.241 e. The summed E-state index contributed by atoms with van der Waals surface area (Å²) in [6.45, 7) is 7.42. The van der Waals surface area contributed by atoms with Crippen LogP contribution in [0.1, 0.15) is 41.6 Å². The lowest BCUT2D eigenvalue weighted by Gasteiger charge is -2.16. The van der Waals surface area contributed by atoms with Crippen LogP contribution in [0.5, 0.6) is 0 Å². The fourth-order valence-electron chi connectivity index (χ4n) is 3.18. The molecule has 2 aromatic carbocycles. The summed E-state index contributed by atoms with van der Waals surface area (Å²) in [6, 6.07) is 11.2. The minimum Gasteiger partial charge on any atom is -0.350 e. The first-order valence-electron chi connectivity index (χ1n) is 8.73. The number of aryl methyl sites for hydroxylation is 3. The van der Waals surface area contributed by atoms with Gasteiger partial charge in [0.25, 0.3) is 0 Å². The van der Waals surface area contributed by atoms with Gasteiger partial charge in [-0.25, -0.2) is 13.1 Å². The molecule has 2 rings (SSSR count). The van der Waals surface area contributed by atoms with Crippen LogP contribution in [0.25, 0.3) is 0 Å². The lowest BCUT2D eigenvalue weighted by atomic mass is 10.1. The number of benzene rings is 2. The van der Waals surface area contributed by atoms with E-state index in [0.717, 1.165) is 15.6 Å². The Balaban J connectivity index is 1.95. The van der Waals surface area contributed by atoms with Crippen LogP contribution in [0.4, 0.5) is 0 Å². The summed E-state index contributed by atoms with van der Waals surface area (Å²) in [5, 5.41) is 2.89. The molecule has 1 atom stereocenters. The zero-order valence-corrected chi connectivity index (χ0v) is 18.4. The van der Waals surface area contributed by atoms with Crippen LogP contribution in [0.15, 0.2) is 45.8 Å². The maximum absolute atomic E-state index is 12.6. The molecular weight excluding hydrogens is 428 g/mol. The second kappa shape index (κ2) is 8.99. The normalized spacial score (nSPS) is 12.6. The Bertz CT molecular complexity index is 919. The molecule has 146 valence electrons. The highest BCUT2D eigenvalue weighted by molar-refractivity contribution is 9.10. The third kappa shape index (κ3) is 5.64. The Morgan fingerprint density at radius 3 is 2.30 bits per heavy atom. The van der Waals surface area contributed by atoms with Crippen molar-refractivity contribution in [2.24, 2.45) is 0 Å². The van der Waals surface area contributed by atoms with Crippen LogP contribution in [-0.4, -0.2) is 20.9 Å². The van der Waals surface area contributed by atoms with Crippen molar-refractivity contribution in [1.82, 2.24) is 10.0 Å². The van der Waals surface area contributed by atoms with E-state index in [1.807, 2.05) is 50.2 Å². The minimum absolute atomic E-state index is 0.0452. The molecule has 0 saturated heterocycles. The van der Waals surface area contributed by atoms with Crippen molar-refractivity contribution in [2.45, 2.75) is 45.1 Å². The van der Waals surface area contributed by atoms with Crippen molar-refractivity contribution in [3.05, 3.63) is 63.1 Å². The summed E-state index contributed by atoms with van der Waals surface area (Å²) >= 11 is 3.47. The highest BCUT2D eigenvalue weighted by Gasteiger charge is 2.20. The molecule has 2 N–H and O–H groups in total. The first kappa shape index (κ1) is 21.6. The molecule has 0 aliphatic heterocycles. The third-order valence-corrected chi connectivity index (χ3v) is 6.75. The van der Waals surface area contributed by atoms with Crippen molar-refractivity contribution < 1.29 is 13.2 Å². The molecule has 0 fully saturated rings. The van der Waals surface area contributed by atoms with Crippen molar-refractivity contribution in [1.29, 1.82) is 0 Å². The van der Waals surface area contributed by atoms with Crippen LogP contribution in [0, 0.1) is 20.8 Å². The quantitative estimate of drug-likeness (QED) is 0.668. The van der Waals surface area contributed by atoms with Crippen molar-refractivity contribution in [2.75, 3.05) is 6.54 Å². The van der Waals surface area contributed by atoms with Crippen LogP contribution in [0.3, 0.4) is 0 Å². The number of hydrogen-bond acceptors (Lipinski definition) is 3. The number of sulfonamides is 1. The predicted octanol–water partition coefficient (Wildman–Crippen LogP) is 3.92. The largest absolute Gasteiger partial charge is 0.350 e. The second-order valence-corrected chi connectivity index (χ2v) is 9.24. The number of carbonyl (C=O) groups is 1. The molecule has 1 amide bonds. The Morgan fingerprint density at radius 2 is 1.70 bits per heavy atom. The standard InChI is InChI=1S/C20H25BrN2O3S/c1-13-11-14(2)20(15(3)12-13)27(25,26)22-10-9-19(24)23-16(4)17-7-5-6-8-18(17)21/h5-8,11-12,16,22H,9-10H2,1-4H3,(H,23,24). The third-order valence-electron chi connectivity index (χ3n) is 4.27. The average molecular weight is 453 g/mol. The zero-order valence-electron chi connectivity index (χ0n) is 16.0. The first-order chi connectivity index (χ1) is 12.6. The lowest BCUT2D eigenvalue weighted by molar-refractivity contribution is -0.121. The number of amides is 1. The van der Waals surface area contributed by atoms with Gasteiger partial charge in [-0.3, -0.25) is 4.79 Å². The van der Waals surface area contributed by atoms with Crippen LogP contribution < -0.4 is 10.0 Å². The highest BCUT2D eigenvalue weighted by Crippen LogP contribution is 2.23. The summed E-state index contributed by atoms with van der Waals surface area (Å²) in [7, 11) is -3.66. The maximum atomic E-state index is 12.6. The topological polar surface area (TPSA) is 75.3 Å². The molecule has 1 unspecified atom stereocenters. The van der Waals surface area contributed by atoms with Crippen LogP contribution in [0.2, 0.25) is 0 Å². The van der Waals surface area contributed by atoms with E-state index >= 15 is 0 Å². The van der Waals surface area contributed by atoms with Crippen molar-refractivity contribution >= 4 is 31.9 Å². The van der Waals surface area contributed by atoms with Gasteiger partial charge in [0, 0.05) is 17.4 Å². The Kier molecular flexibility index (Phi) is 7.19. The summed E-state index contributed by atoms with van der Waals surface area (Å²) in [5.41, 5.74) is 3.39. The van der Waals surface area contributed by atoms with E-state index in [1.165, 1.54) is 0 Å². The lowest BCUT2D eigenvalue weighted by Crippen LogP contribution is -2.32. The fraction of sp³-hybridized carbons (Fsp3) is 0.350. The molecule has 0 aromatic heterocycles. The van der Waals surface area contributed by atoms with Gasteiger partial charge in [0.05, 0.1) is 10.9 Å². The monoisotopic (exact) mass is 452 g/mol. The van der Waals surface area contributed by atoms with E-state index in [-0.39, 0.29) is 29.8 Å². The SMILES string of the molecule is Cc1cc(C)c(S(=O)(=O)NCCC(=O)NC(C)c2ccccc2Br)c(C)c1. The first-order valence-corrected chi connectivity index (χ1v) is 11.0. The molecule has 0 bridgehead atoms. The van der Waals surface area contributed by atoms with Crippen molar-refractivity contribution in [3.63, 3.8) is 0 Å². The van der Waals surface area contributed by atoms with Gasteiger partial charge in [-0.15, -0.1) is 0 Å². The van der Waals surface area contributed by atoms with Gasteiger partial charge in [-0.05, 0) is 50.5 Å². The molecule has 0 radical (unpaired) electrons. The van der Waals surface area contributed by atoms with E-state index in [1.54, 1.807) is 13.8 Å².